The maximum atomic E-state index is 10.8. The van der Waals surface area contributed by atoms with Crippen LogP contribution in [0.3, 0.4) is 0 Å². The van der Waals surface area contributed by atoms with Crippen LogP contribution in [0.25, 0.3) is 33.9 Å². The Bertz CT molecular complexity index is 2410. The molecule has 2 N–H and O–H groups in total. The van der Waals surface area contributed by atoms with E-state index in [1.54, 1.807) is 19.2 Å². The number of hydrogen-bond donors (Lipinski definition) is 1. The van der Waals surface area contributed by atoms with Crippen LogP contribution in [0.5, 0.6) is 17.2 Å². The number of aliphatic imine (C=N–C) groups is 1. The second-order valence-electron chi connectivity index (χ2n) is 14.1. The molecule has 6 rings (SSSR count). The number of pyridine rings is 4. The van der Waals surface area contributed by atoms with Crippen LogP contribution in [0.15, 0.2) is 121 Å². The summed E-state index contributed by atoms with van der Waals surface area (Å²) in [4.78, 5) is 55.2. The van der Waals surface area contributed by atoms with Gasteiger partial charge in [-0.05, 0) is 98.1 Å². The Morgan fingerprint density at radius 1 is 0.682 bits per heavy atom. The van der Waals surface area contributed by atoms with E-state index in [0.29, 0.717) is 41.4 Å². The number of nitrogens with zero attached hydrogens (tertiary/aromatic N) is 7. The first-order valence-corrected chi connectivity index (χ1v) is 21.1. The summed E-state index contributed by atoms with van der Waals surface area (Å²) < 4.78 is 14.5. The Morgan fingerprint density at radius 2 is 1.11 bits per heavy atom. The van der Waals surface area contributed by atoms with Gasteiger partial charge in [0, 0.05) is 53.9 Å². The number of carbonyl (C=O) groups is 3. The number of thiocarbonyl (C=S) groups is 1. The van der Waals surface area contributed by atoms with Gasteiger partial charge in [-0.1, -0.05) is 76.0 Å². The van der Waals surface area contributed by atoms with E-state index in [9.17, 15) is 14.4 Å². The minimum atomic E-state index is 0. The molecule has 0 radical (unpaired) electrons. The van der Waals surface area contributed by atoms with Crippen molar-refractivity contribution in [2.24, 2.45) is 4.99 Å². The molecular formula is C49H49N9O6RuS. The quantitative estimate of drug-likeness (QED) is 0.0189. The fraction of sp³-hybridized carbons (Fsp3) is 0.224. The van der Waals surface area contributed by atoms with Crippen LogP contribution < -0.4 is 19.1 Å². The van der Waals surface area contributed by atoms with Crippen molar-refractivity contribution in [3.05, 3.63) is 144 Å². The van der Waals surface area contributed by atoms with E-state index in [4.69, 9.17) is 30.8 Å². The number of rotatable bonds is 20. The van der Waals surface area contributed by atoms with Crippen molar-refractivity contribution in [3.8, 4) is 40.0 Å². The van der Waals surface area contributed by atoms with Crippen LogP contribution >= 0.6 is 12.2 Å². The number of isothiocyanates is 1. The number of hydrogen-bond acceptors (Lipinski definition) is 13. The van der Waals surface area contributed by atoms with Crippen molar-refractivity contribution in [3.63, 3.8) is 0 Å². The van der Waals surface area contributed by atoms with Crippen molar-refractivity contribution in [1.82, 2.24) is 19.9 Å². The molecule has 0 unspecified atom stereocenters. The Hall–Kier alpha value is -7.19. The molecule has 2 aromatic carbocycles. The number of benzene rings is 2. The smallest absolute Gasteiger partial charge is 0.753 e. The second-order valence-corrected chi connectivity index (χ2v) is 14.3. The van der Waals surface area contributed by atoms with Gasteiger partial charge in [0.25, 0.3) is 19.4 Å². The molecule has 0 aliphatic heterocycles. The van der Waals surface area contributed by atoms with Crippen LogP contribution in [-0.2, 0) is 46.7 Å². The first-order valence-electron chi connectivity index (χ1n) is 20.7. The van der Waals surface area contributed by atoms with Gasteiger partial charge in [0.1, 0.15) is 17.2 Å². The monoisotopic (exact) mass is 993 g/mol. The summed E-state index contributed by atoms with van der Waals surface area (Å²) in [7, 11) is 0. The SMILES string of the molecule is CCCCCc1ccc(N(c2ccc(CCCCC)cc2)c2ccc(C([NH-])=NC(C)=N)nc2)cc1.O=COc1ccnc(-c2cc(OC=O)cc(-c3cc(OC=O)ccn3)n2)c1.[N-]=C=S.[Ru+2]. The molecule has 15 nitrogen and oxygen atoms in total. The van der Waals surface area contributed by atoms with Crippen molar-refractivity contribution >= 4 is 65.5 Å². The Labute approximate surface area is 402 Å². The molecule has 340 valence electrons. The average molecular weight is 993 g/mol. The predicted molar refractivity (Wildman–Crippen MR) is 256 cm³/mol. The van der Waals surface area contributed by atoms with Gasteiger partial charge in [-0.15, -0.1) is 0 Å². The molecule has 0 bridgehead atoms. The fourth-order valence-corrected chi connectivity index (χ4v) is 6.36. The van der Waals surface area contributed by atoms with Crippen LogP contribution in [-0.4, -0.2) is 56.2 Å². The molecule has 0 spiro atoms. The standard InChI is InChI=1S/C30H38N5.C18H11N3O6.CNS.Ru/c1-4-6-8-10-24-12-16-26(17-13-24)35(27-18-14-25(15-19-27)11-9-7-5-2)28-20-21-29(33-22-28)30(32)34-23(3)31;22-9-25-12-1-3-19-15(5-12)17-7-14(27-11-24)8-18(21-17)16-6-13(26-10-23)2-4-20-16;2-1-3;/h12-22H,4-11H2,1-3H3,(H2-,31,32,34);1-11H;;/q-1;;-1;+2. The van der Waals surface area contributed by atoms with Gasteiger partial charge in [-0.25, -0.2) is 4.98 Å². The Morgan fingerprint density at radius 3 is 1.50 bits per heavy atom. The molecule has 17 heteroatoms. The van der Waals surface area contributed by atoms with E-state index in [0.717, 1.165) is 29.9 Å². The summed E-state index contributed by atoms with van der Waals surface area (Å²) in [6.45, 7) is 6.90. The minimum Gasteiger partial charge on any atom is -0.753 e. The van der Waals surface area contributed by atoms with E-state index in [1.807, 2.05) is 6.07 Å². The molecular weight excluding hydrogens is 944 g/mol. The first-order chi connectivity index (χ1) is 31.7. The third kappa shape index (κ3) is 17.1. The Balaban J connectivity index is 0.000000335. The normalized spacial score (nSPS) is 10.3. The van der Waals surface area contributed by atoms with Gasteiger partial charge in [0.15, 0.2) is 0 Å². The topological polar surface area (TPSA) is 216 Å². The number of nitrogens with one attached hydrogen (secondary N) is 2. The predicted octanol–water partition coefficient (Wildman–Crippen LogP) is 11.3. The Kier molecular flexibility index (Phi) is 23.6. The van der Waals surface area contributed by atoms with Crippen molar-refractivity contribution in [2.75, 3.05) is 4.90 Å². The van der Waals surface area contributed by atoms with Crippen LogP contribution in [0.4, 0.5) is 17.1 Å². The van der Waals surface area contributed by atoms with Crippen molar-refractivity contribution in [1.29, 1.82) is 5.41 Å². The van der Waals surface area contributed by atoms with Crippen molar-refractivity contribution in [2.45, 2.75) is 72.1 Å². The van der Waals surface area contributed by atoms with Gasteiger partial charge >= 0.3 is 19.5 Å². The molecule has 0 saturated heterocycles. The molecule has 66 heavy (non-hydrogen) atoms. The van der Waals surface area contributed by atoms with Crippen LogP contribution in [0, 0.1) is 5.41 Å². The summed E-state index contributed by atoms with van der Waals surface area (Å²) in [6.07, 6.45) is 14.3. The molecule has 6 aromatic rings. The van der Waals surface area contributed by atoms with E-state index in [2.05, 4.69) is 104 Å². The van der Waals surface area contributed by atoms with E-state index in [-0.39, 0.29) is 54.9 Å². The first kappa shape index (κ1) is 53.2. The number of ether oxygens (including phenoxy) is 3. The fourth-order valence-electron chi connectivity index (χ4n) is 6.36. The van der Waals surface area contributed by atoms with Crippen LogP contribution in [0.1, 0.15) is 76.1 Å². The molecule has 0 aliphatic rings. The number of unbranched alkanes of at least 4 members (excludes halogenated alkanes) is 4. The maximum absolute atomic E-state index is 10.8. The van der Waals surface area contributed by atoms with Gasteiger partial charge in [0.05, 0.1) is 40.4 Å². The molecule has 4 aromatic heterocycles. The number of aryl methyl sites for hydroxylation is 2. The summed E-state index contributed by atoms with van der Waals surface area (Å²) in [5, 5.41) is 16.0. The molecule has 0 fully saturated rings. The molecule has 0 aliphatic carbocycles. The average Bonchev–Trinajstić information content (AvgIpc) is 3.31. The summed E-state index contributed by atoms with van der Waals surface area (Å²) >= 11 is 3.70. The van der Waals surface area contributed by atoms with Gasteiger partial charge in [-0.2, -0.15) is 5.16 Å². The number of amidine groups is 2. The maximum Gasteiger partial charge on any atom is 2.00 e. The molecule has 0 saturated carbocycles. The summed E-state index contributed by atoms with van der Waals surface area (Å²) in [5.41, 5.74) is 15.8. The van der Waals surface area contributed by atoms with E-state index in [1.165, 1.54) is 104 Å². The second kappa shape index (κ2) is 29.3. The third-order valence-corrected chi connectivity index (χ3v) is 9.39. The number of carbonyl (C=O) groups excluding carboxylic acids is 3. The number of aromatic nitrogens is 4. The molecule has 4 heterocycles. The zero-order chi connectivity index (χ0) is 46.8. The van der Waals surface area contributed by atoms with E-state index >= 15 is 0 Å². The number of anilines is 3. The van der Waals surface area contributed by atoms with Crippen molar-refractivity contribution < 1.29 is 48.1 Å². The summed E-state index contributed by atoms with van der Waals surface area (Å²) in [5.74, 6) is 0.861. The molecule has 0 atom stereocenters. The molecule has 0 amide bonds. The van der Waals surface area contributed by atoms with Crippen LogP contribution in [0.2, 0.25) is 0 Å². The largest absolute Gasteiger partial charge is 2.00 e. The zero-order valence-electron chi connectivity index (χ0n) is 36.7. The minimum absolute atomic E-state index is 0. The van der Waals surface area contributed by atoms with E-state index < -0.39 is 0 Å². The zero-order valence-corrected chi connectivity index (χ0v) is 39.3. The van der Waals surface area contributed by atoms with Gasteiger partial charge in [0.2, 0.25) is 0 Å². The summed E-state index contributed by atoms with van der Waals surface area (Å²) in [6, 6.07) is 30.4. The third-order valence-electron chi connectivity index (χ3n) is 9.39. The van der Waals surface area contributed by atoms with Gasteiger partial charge < -0.3 is 40.7 Å². The van der Waals surface area contributed by atoms with Gasteiger partial charge in [-0.3, -0.25) is 29.3 Å².